The average molecular weight is 352 g/mol. The summed E-state index contributed by atoms with van der Waals surface area (Å²) in [5.74, 6) is 0. The van der Waals surface area contributed by atoms with Gasteiger partial charge in [0.05, 0.1) is 19.0 Å². The Balaban J connectivity index is 3.69. The highest BCUT2D eigenvalue weighted by atomic mass is 28.2. The maximum Gasteiger partial charge on any atom is 0.141 e. The number of nitrogens with zero attached hydrogens (tertiary/aromatic N) is 1. The number of hydrogen-bond acceptors (Lipinski definition) is 5. The zero-order valence-electron chi connectivity index (χ0n) is 15.7. The van der Waals surface area contributed by atoms with E-state index in [2.05, 4.69) is 25.8 Å². The topological polar surface area (TPSA) is 40.2 Å². The van der Waals surface area contributed by atoms with E-state index in [1.54, 1.807) is 28.4 Å². The van der Waals surface area contributed by atoms with Crippen LogP contribution in [0.4, 0.5) is 0 Å². The summed E-state index contributed by atoms with van der Waals surface area (Å²) >= 11 is 0. The van der Waals surface area contributed by atoms with Crippen LogP contribution in [0.15, 0.2) is 0 Å². The molecule has 0 unspecified atom stereocenters. The van der Waals surface area contributed by atoms with Crippen LogP contribution in [0.1, 0.15) is 26.7 Å². The van der Waals surface area contributed by atoms with Crippen molar-refractivity contribution < 1.29 is 18.9 Å². The third-order valence-electron chi connectivity index (χ3n) is 4.57. The van der Waals surface area contributed by atoms with Crippen molar-refractivity contribution in [2.45, 2.75) is 49.6 Å². The predicted molar refractivity (Wildman–Crippen MR) is 98.3 cm³/mol. The molecule has 0 heterocycles. The molecule has 0 bridgehead atoms. The van der Waals surface area contributed by atoms with Crippen LogP contribution in [0, 0.1) is 0 Å². The molecule has 134 valence electrons. The van der Waals surface area contributed by atoms with Crippen molar-refractivity contribution >= 4 is 19.0 Å². The lowest BCUT2D eigenvalue weighted by atomic mass is 10.4. The first-order valence-electron chi connectivity index (χ1n) is 8.24. The predicted octanol–water partition coefficient (Wildman–Crippen LogP) is 0.806. The first kappa shape index (κ1) is 22.2. The Kier molecular flexibility index (Phi) is 11.8. The minimum absolute atomic E-state index is 0.297. The maximum absolute atomic E-state index is 5.43. The zero-order valence-corrected chi connectivity index (χ0v) is 18.6. The number of rotatable bonds is 14. The van der Waals surface area contributed by atoms with E-state index in [0.29, 0.717) is 0 Å². The second-order valence-corrected chi connectivity index (χ2v) is 11.3. The summed E-state index contributed by atoms with van der Waals surface area (Å²) < 4.78 is 21.7. The van der Waals surface area contributed by atoms with E-state index >= 15 is 0 Å². The number of hydrogen-bond donors (Lipinski definition) is 0. The van der Waals surface area contributed by atoms with Crippen molar-refractivity contribution in [3.63, 3.8) is 0 Å². The van der Waals surface area contributed by atoms with Gasteiger partial charge in [0, 0.05) is 28.4 Å². The molecule has 22 heavy (non-hydrogen) atoms. The van der Waals surface area contributed by atoms with Gasteiger partial charge in [-0.25, -0.2) is 0 Å². The lowest BCUT2D eigenvalue weighted by Gasteiger charge is -2.27. The standard InChI is InChI=1S/C15H37NO4Si2/c1-14(17-4,18-5)21-12-8-10-16(3)11-9-13-22-15(2,19-6)20-7/h8-13,21-22H2,1-7H3. The fourth-order valence-corrected chi connectivity index (χ4v) is 5.39. The Morgan fingerprint density at radius 2 is 1.05 bits per heavy atom. The molecule has 0 aliphatic carbocycles. The highest BCUT2D eigenvalue weighted by Crippen LogP contribution is 2.12. The number of methoxy groups -OCH3 is 4. The minimum atomic E-state index is -0.360. The molecule has 0 aromatic heterocycles. The molecule has 0 aliphatic rings. The van der Waals surface area contributed by atoms with Gasteiger partial charge in [-0.2, -0.15) is 0 Å². The molecule has 0 atom stereocenters. The van der Waals surface area contributed by atoms with Crippen LogP contribution >= 0.6 is 0 Å². The first-order chi connectivity index (χ1) is 10.3. The maximum atomic E-state index is 5.43. The molecular weight excluding hydrogens is 314 g/mol. The summed E-state index contributed by atoms with van der Waals surface area (Å²) in [6, 6.07) is 2.51. The van der Waals surface area contributed by atoms with Gasteiger partial charge in [0.25, 0.3) is 0 Å². The molecule has 0 aliphatic heterocycles. The van der Waals surface area contributed by atoms with Gasteiger partial charge in [-0.1, -0.05) is 12.1 Å². The molecule has 0 spiro atoms. The molecule has 0 saturated heterocycles. The average Bonchev–Trinajstić information content (AvgIpc) is 2.55. The second-order valence-electron chi connectivity index (χ2n) is 6.30. The van der Waals surface area contributed by atoms with Gasteiger partial charge in [0.15, 0.2) is 0 Å². The molecule has 7 heteroatoms. The summed E-state index contributed by atoms with van der Waals surface area (Å²) in [6.07, 6.45) is 2.46. The molecule has 0 aromatic carbocycles. The van der Waals surface area contributed by atoms with Gasteiger partial charge in [-0.05, 0) is 46.8 Å². The lowest BCUT2D eigenvalue weighted by Crippen LogP contribution is -2.37. The Hall–Kier alpha value is 0.234. The van der Waals surface area contributed by atoms with Gasteiger partial charge in [-0.3, -0.25) is 0 Å². The van der Waals surface area contributed by atoms with Crippen LogP contribution < -0.4 is 0 Å². The van der Waals surface area contributed by atoms with E-state index in [-0.39, 0.29) is 29.9 Å². The SMILES string of the molecule is COC(C)(OC)[SiH2]CCCN(C)CCC[SiH2]C(C)(OC)OC. The van der Waals surface area contributed by atoms with Gasteiger partial charge in [-0.15, -0.1) is 0 Å². The summed E-state index contributed by atoms with van der Waals surface area (Å²) in [4.78, 5) is 2.43. The highest BCUT2D eigenvalue weighted by molar-refractivity contribution is 6.39. The van der Waals surface area contributed by atoms with E-state index in [1.807, 2.05) is 0 Å². The first-order valence-corrected chi connectivity index (χ1v) is 11.7. The molecule has 0 saturated carbocycles. The molecule has 0 radical (unpaired) electrons. The Morgan fingerprint density at radius 3 is 1.32 bits per heavy atom. The third-order valence-corrected chi connectivity index (χ3v) is 9.25. The zero-order chi connectivity index (χ0) is 17.1. The van der Waals surface area contributed by atoms with Crippen LogP contribution in [-0.2, 0) is 18.9 Å². The summed E-state index contributed by atoms with van der Waals surface area (Å²) in [5.41, 5.74) is -0.593. The monoisotopic (exact) mass is 351 g/mol. The van der Waals surface area contributed by atoms with E-state index in [0.717, 1.165) is 13.1 Å². The smallest absolute Gasteiger partial charge is 0.141 e. The Labute approximate surface area is 141 Å². The Bertz CT molecular complexity index is 248. The van der Waals surface area contributed by atoms with E-state index in [4.69, 9.17) is 18.9 Å². The van der Waals surface area contributed by atoms with Crippen LogP contribution in [0.2, 0.25) is 12.1 Å². The second kappa shape index (κ2) is 11.7. The molecule has 0 aromatic rings. The van der Waals surface area contributed by atoms with Gasteiger partial charge in [0.2, 0.25) is 0 Å². The van der Waals surface area contributed by atoms with Gasteiger partial charge < -0.3 is 23.8 Å². The Morgan fingerprint density at radius 1 is 0.727 bits per heavy atom. The van der Waals surface area contributed by atoms with E-state index in [1.165, 1.54) is 24.9 Å². The van der Waals surface area contributed by atoms with E-state index < -0.39 is 0 Å². The largest absolute Gasteiger partial charge is 0.358 e. The fourth-order valence-electron chi connectivity index (χ4n) is 2.34. The quantitative estimate of drug-likeness (QED) is 0.263. The van der Waals surface area contributed by atoms with E-state index in [9.17, 15) is 0 Å². The van der Waals surface area contributed by atoms with Crippen LogP contribution in [-0.4, -0.2) is 83.3 Å². The van der Waals surface area contributed by atoms with Crippen LogP contribution in [0.5, 0.6) is 0 Å². The molecule has 5 nitrogen and oxygen atoms in total. The van der Waals surface area contributed by atoms with Crippen LogP contribution in [0.3, 0.4) is 0 Å². The van der Waals surface area contributed by atoms with Crippen molar-refractivity contribution in [3.05, 3.63) is 0 Å². The fraction of sp³-hybridized carbons (Fsp3) is 1.00. The molecule has 0 amide bonds. The van der Waals surface area contributed by atoms with Crippen LogP contribution in [0.25, 0.3) is 0 Å². The summed E-state index contributed by atoms with van der Waals surface area (Å²) in [7, 11) is 8.43. The molecule has 0 fully saturated rings. The third kappa shape index (κ3) is 9.39. The van der Waals surface area contributed by atoms with Crippen molar-refractivity contribution in [2.75, 3.05) is 48.6 Å². The van der Waals surface area contributed by atoms with Crippen molar-refractivity contribution in [1.82, 2.24) is 4.90 Å². The minimum Gasteiger partial charge on any atom is -0.358 e. The molecule has 0 N–H and O–H groups in total. The van der Waals surface area contributed by atoms with Gasteiger partial charge >= 0.3 is 0 Å². The summed E-state index contributed by atoms with van der Waals surface area (Å²) in [5, 5.41) is 0. The highest BCUT2D eigenvalue weighted by Gasteiger charge is 2.23. The number of ether oxygens (including phenoxy) is 4. The van der Waals surface area contributed by atoms with Crippen molar-refractivity contribution in [1.29, 1.82) is 0 Å². The van der Waals surface area contributed by atoms with Gasteiger partial charge in [0.1, 0.15) is 10.8 Å². The lowest BCUT2D eigenvalue weighted by molar-refractivity contribution is -0.131. The summed E-state index contributed by atoms with van der Waals surface area (Å²) in [6.45, 7) is 6.42. The molecule has 0 rings (SSSR count). The normalized spacial score (nSPS) is 14.2. The van der Waals surface area contributed by atoms with Crippen molar-refractivity contribution in [3.8, 4) is 0 Å². The van der Waals surface area contributed by atoms with Crippen molar-refractivity contribution in [2.24, 2.45) is 0 Å². The molecular formula is C15H37NO4Si2.